The lowest BCUT2D eigenvalue weighted by molar-refractivity contribution is 0.240. The highest BCUT2D eigenvalue weighted by Crippen LogP contribution is 1.98. The van der Waals surface area contributed by atoms with Crippen molar-refractivity contribution in [2.75, 3.05) is 32.8 Å². The van der Waals surface area contributed by atoms with Crippen molar-refractivity contribution in [3.63, 3.8) is 0 Å². The standard InChI is InChI=1S/C4H9N.C4H12O2Si/c1-2-5-3-4-5;1-3-5-7-6-4-2/h2-4H2,1H3;3-4,7H2,1-2H3. The molecule has 3 nitrogen and oxygen atoms in total. The highest BCUT2D eigenvalue weighted by molar-refractivity contribution is 6.17. The molecule has 0 saturated carbocycles. The fraction of sp³-hybridized carbons (Fsp3) is 1.00. The summed E-state index contributed by atoms with van der Waals surface area (Å²) in [6.45, 7) is 11.7. The molecule has 1 fully saturated rings. The van der Waals surface area contributed by atoms with Crippen LogP contribution in [0.2, 0.25) is 0 Å². The van der Waals surface area contributed by atoms with Gasteiger partial charge in [-0.05, 0) is 20.4 Å². The van der Waals surface area contributed by atoms with Crippen molar-refractivity contribution >= 4 is 10.0 Å². The molecule has 0 aromatic carbocycles. The molecule has 0 radical (unpaired) electrons. The van der Waals surface area contributed by atoms with Crippen molar-refractivity contribution in [2.24, 2.45) is 0 Å². The van der Waals surface area contributed by atoms with Gasteiger partial charge in [0.05, 0.1) is 0 Å². The van der Waals surface area contributed by atoms with Gasteiger partial charge in [-0.3, -0.25) is 0 Å². The van der Waals surface area contributed by atoms with E-state index < -0.39 is 10.0 Å². The Morgan fingerprint density at radius 2 is 1.58 bits per heavy atom. The molecule has 1 heterocycles. The van der Waals surface area contributed by atoms with E-state index in [2.05, 4.69) is 11.8 Å². The molecule has 0 aliphatic carbocycles. The van der Waals surface area contributed by atoms with Crippen LogP contribution in [0.1, 0.15) is 20.8 Å². The molecule has 0 aromatic rings. The topological polar surface area (TPSA) is 21.5 Å². The van der Waals surface area contributed by atoms with Crippen LogP contribution in [0.3, 0.4) is 0 Å². The predicted octanol–water partition coefficient (Wildman–Crippen LogP) is 0.380. The van der Waals surface area contributed by atoms with Crippen molar-refractivity contribution in [2.45, 2.75) is 20.8 Å². The van der Waals surface area contributed by atoms with Gasteiger partial charge < -0.3 is 13.8 Å². The van der Waals surface area contributed by atoms with Gasteiger partial charge in [-0.2, -0.15) is 0 Å². The molecule has 1 saturated heterocycles. The van der Waals surface area contributed by atoms with Crippen LogP contribution in [-0.4, -0.2) is 47.8 Å². The third-order valence-electron chi connectivity index (χ3n) is 1.56. The zero-order valence-electron chi connectivity index (χ0n) is 8.51. The fourth-order valence-electron chi connectivity index (χ4n) is 0.613. The van der Waals surface area contributed by atoms with Crippen LogP contribution in [0.25, 0.3) is 0 Å². The summed E-state index contributed by atoms with van der Waals surface area (Å²) in [5.74, 6) is 0. The molecule has 0 aromatic heterocycles. The minimum atomic E-state index is -0.589. The maximum atomic E-state index is 4.99. The third-order valence-corrected chi connectivity index (χ3v) is 2.71. The summed E-state index contributed by atoms with van der Waals surface area (Å²) in [5, 5.41) is 0. The fourth-order valence-corrected chi connectivity index (χ4v) is 1.06. The SMILES string of the molecule is CCN1CC1.CCO[SiH2]OCC. The molecular weight excluding hydrogens is 170 g/mol. The van der Waals surface area contributed by atoms with Crippen molar-refractivity contribution < 1.29 is 8.85 Å². The van der Waals surface area contributed by atoms with E-state index in [9.17, 15) is 0 Å². The van der Waals surface area contributed by atoms with Gasteiger partial charge >= 0.3 is 10.0 Å². The normalized spacial score (nSPS) is 15.2. The molecule has 0 bridgehead atoms. The molecule has 0 spiro atoms. The maximum Gasteiger partial charge on any atom is 0.304 e. The van der Waals surface area contributed by atoms with E-state index in [1.807, 2.05) is 13.8 Å². The first-order valence-corrected chi connectivity index (χ1v) is 5.88. The first kappa shape index (κ1) is 12.1. The minimum Gasteiger partial charge on any atom is -0.399 e. The van der Waals surface area contributed by atoms with Crippen LogP contribution in [0, 0.1) is 0 Å². The summed E-state index contributed by atoms with van der Waals surface area (Å²) in [4.78, 5) is 2.38. The minimum absolute atomic E-state index is 0.589. The second kappa shape index (κ2) is 9.19. The van der Waals surface area contributed by atoms with Crippen LogP contribution in [0.4, 0.5) is 0 Å². The Kier molecular flexibility index (Phi) is 9.26. The molecule has 0 amide bonds. The summed E-state index contributed by atoms with van der Waals surface area (Å²) in [7, 11) is -0.589. The molecule has 12 heavy (non-hydrogen) atoms. The van der Waals surface area contributed by atoms with Crippen molar-refractivity contribution in [3.8, 4) is 0 Å². The van der Waals surface area contributed by atoms with Crippen LogP contribution in [-0.2, 0) is 8.85 Å². The van der Waals surface area contributed by atoms with E-state index in [4.69, 9.17) is 8.85 Å². The molecule has 1 aliphatic rings. The van der Waals surface area contributed by atoms with E-state index in [1.54, 1.807) is 0 Å². The Bertz CT molecular complexity index is 85.1. The van der Waals surface area contributed by atoms with Gasteiger partial charge in [0.2, 0.25) is 0 Å². The Labute approximate surface area is 78.1 Å². The van der Waals surface area contributed by atoms with Gasteiger partial charge in [0.15, 0.2) is 0 Å². The van der Waals surface area contributed by atoms with E-state index in [-0.39, 0.29) is 0 Å². The summed E-state index contributed by atoms with van der Waals surface area (Å²) < 4.78 is 9.98. The molecule has 0 unspecified atom stereocenters. The average molecular weight is 191 g/mol. The molecular formula is C8H21NO2Si. The van der Waals surface area contributed by atoms with Gasteiger partial charge in [-0.25, -0.2) is 0 Å². The second-order valence-corrected chi connectivity index (χ2v) is 3.59. The van der Waals surface area contributed by atoms with Gasteiger partial charge in [-0.1, -0.05) is 6.92 Å². The van der Waals surface area contributed by atoms with Crippen LogP contribution in [0.5, 0.6) is 0 Å². The molecule has 0 N–H and O–H groups in total. The monoisotopic (exact) mass is 191 g/mol. The van der Waals surface area contributed by atoms with E-state index >= 15 is 0 Å². The molecule has 0 atom stereocenters. The number of nitrogens with zero attached hydrogens (tertiary/aromatic N) is 1. The Morgan fingerprint density at radius 3 is 1.75 bits per heavy atom. The summed E-state index contributed by atoms with van der Waals surface area (Å²) in [5.41, 5.74) is 0. The molecule has 1 aliphatic heterocycles. The van der Waals surface area contributed by atoms with Crippen molar-refractivity contribution in [3.05, 3.63) is 0 Å². The molecule has 4 heteroatoms. The summed E-state index contributed by atoms with van der Waals surface area (Å²) >= 11 is 0. The Hall–Kier alpha value is 0.0969. The number of rotatable bonds is 5. The zero-order chi connectivity index (χ0) is 9.23. The average Bonchev–Trinajstić information content (AvgIpc) is 2.89. The van der Waals surface area contributed by atoms with Crippen LogP contribution in [0.15, 0.2) is 0 Å². The second-order valence-electron chi connectivity index (χ2n) is 2.54. The van der Waals surface area contributed by atoms with Crippen molar-refractivity contribution in [1.82, 2.24) is 4.90 Å². The number of likely N-dealkylation sites (N-methyl/N-ethyl adjacent to an activating group) is 1. The first-order chi connectivity index (χ1) is 5.85. The number of hydrogen-bond acceptors (Lipinski definition) is 3. The van der Waals surface area contributed by atoms with E-state index in [0.717, 1.165) is 13.2 Å². The van der Waals surface area contributed by atoms with Gasteiger partial charge in [0.1, 0.15) is 0 Å². The van der Waals surface area contributed by atoms with Gasteiger partial charge in [0, 0.05) is 26.3 Å². The summed E-state index contributed by atoms with van der Waals surface area (Å²) in [6.07, 6.45) is 0. The van der Waals surface area contributed by atoms with Crippen molar-refractivity contribution in [1.29, 1.82) is 0 Å². The highest BCUT2D eigenvalue weighted by atomic mass is 28.3. The van der Waals surface area contributed by atoms with Crippen LogP contribution < -0.4 is 0 Å². The molecule has 1 rings (SSSR count). The van der Waals surface area contributed by atoms with Crippen LogP contribution >= 0.6 is 0 Å². The van der Waals surface area contributed by atoms with Gasteiger partial charge in [0.25, 0.3) is 0 Å². The summed E-state index contributed by atoms with van der Waals surface area (Å²) in [6, 6.07) is 0. The smallest absolute Gasteiger partial charge is 0.304 e. The van der Waals surface area contributed by atoms with E-state index in [1.165, 1.54) is 19.6 Å². The lowest BCUT2D eigenvalue weighted by Crippen LogP contribution is -2.02. The lowest BCUT2D eigenvalue weighted by atomic mass is 10.8. The van der Waals surface area contributed by atoms with E-state index in [0.29, 0.717) is 0 Å². The number of hydrogen-bond donors (Lipinski definition) is 0. The van der Waals surface area contributed by atoms with Gasteiger partial charge in [-0.15, -0.1) is 0 Å². The maximum absolute atomic E-state index is 4.99. The highest BCUT2D eigenvalue weighted by Gasteiger charge is 2.12. The Morgan fingerprint density at radius 1 is 1.08 bits per heavy atom. The molecule has 74 valence electrons. The Balaban J connectivity index is 0.000000211. The lowest BCUT2D eigenvalue weighted by Gasteiger charge is -1.96. The third kappa shape index (κ3) is 10.1. The first-order valence-electron chi connectivity index (χ1n) is 4.72. The largest absolute Gasteiger partial charge is 0.399 e. The zero-order valence-corrected chi connectivity index (χ0v) is 9.92. The quantitative estimate of drug-likeness (QED) is 0.356. The predicted molar refractivity (Wildman–Crippen MR) is 53.9 cm³/mol.